The summed E-state index contributed by atoms with van der Waals surface area (Å²) in [4.78, 5) is 12.8. The summed E-state index contributed by atoms with van der Waals surface area (Å²) in [5.74, 6) is 0.654. The SMILES string of the molecule is N[C@@H](CCN(Cc1ccco1)Cc1ccco1)C(=O)O. The third-order valence-electron chi connectivity index (χ3n) is 2.99. The summed E-state index contributed by atoms with van der Waals surface area (Å²) in [5, 5.41) is 8.83. The zero-order chi connectivity index (χ0) is 14.4. The van der Waals surface area contributed by atoms with Crippen molar-refractivity contribution in [3.8, 4) is 0 Å². The predicted molar refractivity (Wildman–Crippen MR) is 71.8 cm³/mol. The highest BCUT2D eigenvalue weighted by Gasteiger charge is 2.16. The summed E-state index contributed by atoms with van der Waals surface area (Å²) in [5.41, 5.74) is 5.54. The van der Waals surface area contributed by atoms with E-state index in [9.17, 15) is 4.79 Å². The fraction of sp³-hybridized carbons (Fsp3) is 0.357. The van der Waals surface area contributed by atoms with E-state index >= 15 is 0 Å². The van der Waals surface area contributed by atoms with E-state index in [0.29, 0.717) is 26.1 Å². The Labute approximate surface area is 116 Å². The Kier molecular flexibility index (Phi) is 4.97. The van der Waals surface area contributed by atoms with E-state index in [2.05, 4.69) is 0 Å². The molecule has 0 fully saturated rings. The second-order valence-corrected chi connectivity index (χ2v) is 4.60. The number of nitrogens with two attached hydrogens (primary N) is 1. The highest BCUT2D eigenvalue weighted by molar-refractivity contribution is 5.72. The topological polar surface area (TPSA) is 92.8 Å². The van der Waals surface area contributed by atoms with Crippen LogP contribution in [0.15, 0.2) is 45.6 Å². The molecule has 0 aromatic carbocycles. The van der Waals surface area contributed by atoms with Crippen LogP contribution in [-0.2, 0) is 17.9 Å². The van der Waals surface area contributed by atoms with Gasteiger partial charge in [0, 0.05) is 6.54 Å². The number of carboxylic acid groups (broad SMARTS) is 1. The molecule has 0 spiro atoms. The molecule has 108 valence electrons. The third kappa shape index (κ3) is 4.25. The van der Waals surface area contributed by atoms with Crippen molar-refractivity contribution in [3.05, 3.63) is 48.3 Å². The Morgan fingerprint density at radius 1 is 1.20 bits per heavy atom. The van der Waals surface area contributed by atoms with Crippen LogP contribution in [-0.4, -0.2) is 28.6 Å². The van der Waals surface area contributed by atoms with E-state index in [1.54, 1.807) is 12.5 Å². The van der Waals surface area contributed by atoms with E-state index < -0.39 is 12.0 Å². The second kappa shape index (κ2) is 6.93. The largest absolute Gasteiger partial charge is 0.480 e. The van der Waals surface area contributed by atoms with Gasteiger partial charge in [-0.3, -0.25) is 9.69 Å². The van der Waals surface area contributed by atoms with E-state index in [0.717, 1.165) is 11.5 Å². The summed E-state index contributed by atoms with van der Waals surface area (Å²) in [6, 6.07) is 6.55. The first-order chi connectivity index (χ1) is 9.65. The van der Waals surface area contributed by atoms with Crippen LogP contribution in [0, 0.1) is 0 Å². The molecule has 2 aromatic rings. The molecule has 1 atom stereocenters. The van der Waals surface area contributed by atoms with Crippen molar-refractivity contribution in [2.24, 2.45) is 5.73 Å². The lowest BCUT2D eigenvalue weighted by Crippen LogP contribution is -2.35. The van der Waals surface area contributed by atoms with Gasteiger partial charge in [0.25, 0.3) is 0 Å². The van der Waals surface area contributed by atoms with Crippen molar-refractivity contribution < 1.29 is 18.7 Å². The first kappa shape index (κ1) is 14.4. The molecule has 6 nitrogen and oxygen atoms in total. The third-order valence-corrected chi connectivity index (χ3v) is 2.99. The number of rotatable bonds is 8. The number of furan rings is 2. The molecule has 6 heteroatoms. The molecule has 2 rings (SSSR count). The van der Waals surface area contributed by atoms with Crippen molar-refractivity contribution >= 4 is 5.97 Å². The molecule has 0 aliphatic heterocycles. The van der Waals surface area contributed by atoms with Gasteiger partial charge in [-0.2, -0.15) is 0 Å². The van der Waals surface area contributed by atoms with E-state index in [1.807, 2.05) is 29.2 Å². The quantitative estimate of drug-likeness (QED) is 0.763. The molecule has 2 aromatic heterocycles. The fourth-order valence-corrected chi connectivity index (χ4v) is 1.91. The molecule has 20 heavy (non-hydrogen) atoms. The molecule has 0 radical (unpaired) electrons. The van der Waals surface area contributed by atoms with Crippen molar-refractivity contribution in [2.45, 2.75) is 25.6 Å². The van der Waals surface area contributed by atoms with E-state index in [1.165, 1.54) is 0 Å². The minimum absolute atomic E-state index is 0.372. The maximum atomic E-state index is 10.8. The number of nitrogens with zero attached hydrogens (tertiary/aromatic N) is 1. The zero-order valence-corrected chi connectivity index (χ0v) is 11.1. The zero-order valence-electron chi connectivity index (χ0n) is 11.1. The molecule has 0 saturated carbocycles. The number of carbonyl (C=O) groups is 1. The van der Waals surface area contributed by atoms with Gasteiger partial charge in [0.05, 0.1) is 25.6 Å². The van der Waals surface area contributed by atoms with Crippen molar-refractivity contribution in [1.82, 2.24) is 4.90 Å². The molecule has 0 amide bonds. The maximum Gasteiger partial charge on any atom is 0.320 e. The molecule has 0 saturated heterocycles. The maximum absolute atomic E-state index is 10.8. The van der Waals surface area contributed by atoms with Crippen LogP contribution in [0.1, 0.15) is 17.9 Å². The summed E-state index contributed by atoms with van der Waals surface area (Å²) < 4.78 is 10.6. The summed E-state index contributed by atoms with van der Waals surface area (Å²) >= 11 is 0. The van der Waals surface area contributed by atoms with Gasteiger partial charge in [0.2, 0.25) is 0 Å². The van der Waals surface area contributed by atoms with Gasteiger partial charge in [0.1, 0.15) is 17.6 Å². The van der Waals surface area contributed by atoms with Crippen LogP contribution >= 0.6 is 0 Å². The number of aliphatic carboxylic acids is 1. The highest BCUT2D eigenvalue weighted by atomic mass is 16.4. The lowest BCUT2D eigenvalue weighted by molar-refractivity contribution is -0.138. The minimum atomic E-state index is -0.985. The Bertz CT molecular complexity index is 471. The molecule has 3 N–H and O–H groups in total. The Morgan fingerprint density at radius 3 is 2.15 bits per heavy atom. The summed E-state index contributed by atoms with van der Waals surface area (Å²) in [6.45, 7) is 1.72. The van der Waals surface area contributed by atoms with Crippen LogP contribution < -0.4 is 5.73 Å². The number of hydrogen-bond acceptors (Lipinski definition) is 5. The first-order valence-corrected chi connectivity index (χ1v) is 6.40. The highest BCUT2D eigenvalue weighted by Crippen LogP contribution is 2.12. The smallest absolute Gasteiger partial charge is 0.320 e. The van der Waals surface area contributed by atoms with Crippen molar-refractivity contribution in [3.63, 3.8) is 0 Å². The standard InChI is InChI=1S/C14H18N2O4/c15-13(14(17)18)5-6-16(9-11-3-1-7-19-11)10-12-4-2-8-20-12/h1-4,7-8,13H,5-6,9-10,15H2,(H,17,18)/t13-/m0/s1. The van der Waals surface area contributed by atoms with Crippen LogP contribution in [0.4, 0.5) is 0 Å². The van der Waals surface area contributed by atoms with Crippen LogP contribution in [0.5, 0.6) is 0 Å². The van der Waals surface area contributed by atoms with Crippen molar-refractivity contribution in [2.75, 3.05) is 6.54 Å². The lowest BCUT2D eigenvalue weighted by Gasteiger charge is -2.21. The summed E-state index contributed by atoms with van der Waals surface area (Å²) in [6.07, 6.45) is 3.60. The van der Waals surface area contributed by atoms with Gasteiger partial charge in [-0.1, -0.05) is 0 Å². The monoisotopic (exact) mass is 278 g/mol. The second-order valence-electron chi connectivity index (χ2n) is 4.60. The summed E-state index contributed by atoms with van der Waals surface area (Å²) in [7, 11) is 0. The normalized spacial score (nSPS) is 12.7. The van der Waals surface area contributed by atoms with Gasteiger partial charge >= 0.3 is 5.97 Å². The molecular formula is C14H18N2O4. The number of hydrogen-bond donors (Lipinski definition) is 2. The Balaban J connectivity index is 1.94. The van der Waals surface area contributed by atoms with Gasteiger partial charge in [-0.25, -0.2) is 0 Å². The van der Waals surface area contributed by atoms with Gasteiger partial charge < -0.3 is 19.7 Å². The Morgan fingerprint density at radius 2 is 1.75 bits per heavy atom. The average Bonchev–Trinajstić information content (AvgIpc) is 3.08. The van der Waals surface area contributed by atoms with E-state index in [4.69, 9.17) is 19.7 Å². The minimum Gasteiger partial charge on any atom is -0.480 e. The Hall–Kier alpha value is -2.05. The lowest BCUT2D eigenvalue weighted by atomic mass is 10.2. The van der Waals surface area contributed by atoms with Crippen LogP contribution in [0.25, 0.3) is 0 Å². The van der Waals surface area contributed by atoms with Crippen molar-refractivity contribution in [1.29, 1.82) is 0 Å². The van der Waals surface area contributed by atoms with Gasteiger partial charge in [0.15, 0.2) is 0 Å². The molecule has 0 aliphatic rings. The van der Waals surface area contributed by atoms with Crippen LogP contribution in [0.3, 0.4) is 0 Å². The molecule has 0 unspecified atom stereocenters. The first-order valence-electron chi connectivity index (χ1n) is 6.40. The molecule has 0 bridgehead atoms. The van der Waals surface area contributed by atoms with Gasteiger partial charge in [-0.05, 0) is 30.7 Å². The average molecular weight is 278 g/mol. The molecule has 2 heterocycles. The predicted octanol–water partition coefficient (Wildman–Crippen LogP) is 1.68. The molecule has 0 aliphatic carbocycles. The fourth-order valence-electron chi connectivity index (χ4n) is 1.91. The van der Waals surface area contributed by atoms with Gasteiger partial charge in [-0.15, -0.1) is 0 Å². The van der Waals surface area contributed by atoms with E-state index in [-0.39, 0.29) is 0 Å². The molecular weight excluding hydrogens is 260 g/mol. The number of carboxylic acids is 1. The van der Waals surface area contributed by atoms with Crippen LogP contribution in [0.2, 0.25) is 0 Å².